The average molecular weight is 207 g/mol. The van der Waals surface area contributed by atoms with Crippen LogP contribution in [-0.2, 0) is 15.9 Å². The van der Waals surface area contributed by atoms with Crippen molar-refractivity contribution in [3.63, 3.8) is 0 Å². The van der Waals surface area contributed by atoms with Gasteiger partial charge in [0.15, 0.2) is 0 Å². The summed E-state index contributed by atoms with van der Waals surface area (Å²) in [5.74, 6) is 0. The van der Waals surface area contributed by atoms with Crippen molar-refractivity contribution in [1.29, 1.82) is 0 Å². The van der Waals surface area contributed by atoms with E-state index in [1.54, 1.807) is 0 Å². The van der Waals surface area contributed by atoms with Gasteiger partial charge >= 0.3 is 0 Å². The second-order valence-electron chi connectivity index (χ2n) is 3.72. The molecule has 0 amide bonds. The highest BCUT2D eigenvalue weighted by atomic mass is 16.6. The van der Waals surface area contributed by atoms with E-state index in [0.717, 1.165) is 6.42 Å². The number of ether oxygens (including phenoxy) is 2. The number of hydrogen-bond donors (Lipinski definition) is 1. The Balaban J connectivity index is 2.09. The van der Waals surface area contributed by atoms with Crippen molar-refractivity contribution < 1.29 is 9.47 Å². The molecular formula is C12H17NO2. The van der Waals surface area contributed by atoms with Crippen LogP contribution in [0, 0.1) is 0 Å². The van der Waals surface area contributed by atoms with E-state index in [1.807, 2.05) is 0 Å². The summed E-state index contributed by atoms with van der Waals surface area (Å²) >= 11 is 0. The highest BCUT2D eigenvalue weighted by molar-refractivity contribution is 5.25. The van der Waals surface area contributed by atoms with Gasteiger partial charge in [-0.15, -0.1) is 0 Å². The van der Waals surface area contributed by atoms with E-state index >= 15 is 0 Å². The Hall–Kier alpha value is -0.900. The average Bonchev–Trinajstić information content (AvgIpc) is 2.31. The maximum atomic E-state index is 5.64. The fourth-order valence-electron chi connectivity index (χ4n) is 1.80. The lowest BCUT2D eigenvalue weighted by molar-refractivity contribution is -0.0901. The molecule has 2 N–H and O–H groups in total. The van der Waals surface area contributed by atoms with Crippen LogP contribution in [0.5, 0.6) is 0 Å². The smallest absolute Gasteiger partial charge is 0.106 e. The van der Waals surface area contributed by atoms with Crippen molar-refractivity contribution in [3.8, 4) is 0 Å². The molecule has 3 nitrogen and oxygen atoms in total. The zero-order valence-electron chi connectivity index (χ0n) is 8.82. The van der Waals surface area contributed by atoms with Gasteiger partial charge in [-0.25, -0.2) is 0 Å². The van der Waals surface area contributed by atoms with E-state index in [1.165, 1.54) is 11.1 Å². The van der Waals surface area contributed by atoms with Gasteiger partial charge in [-0.1, -0.05) is 24.3 Å². The molecule has 2 rings (SSSR count). The van der Waals surface area contributed by atoms with Gasteiger partial charge < -0.3 is 15.2 Å². The molecule has 1 aromatic rings. The van der Waals surface area contributed by atoms with Crippen molar-refractivity contribution >= 4 is 0 Å². The van der Waals surface area contributed by atoms with Crippen LogP contribution in [0.2, 0.25) is 0 Å². The van der Waals surface area contributed by atoms with E-state index in [0.29, 0.717) is 26.4 Å². The van der Waals surface area contributed by atoms with Crippen LogP contribution >= 0.6 is 0 Å². The Morgan fingerprint density at radius 2 is 2.27 bits per heavy atom. The van der Waals surface area contributed by atoms with Crippen LogP contribution < -0.4 is 5.73 Å². The molecule has 0 radical (unpaired) electrons. The molecule has 15 heavy (non-hydrogen) atoms. The third-order valence-electron chi connectivity index (χ3n) is 2.57. The van der Waals surface area contributed by atoms with Crippen molar-refractivity contribution in [2.75, 3.05) is 26.4 Å². The predicted octanol–water partition coefficient (Wildman–Crippen LogP) is 1.28. The van der Waals surface area contributed by atoms with Crippen molar-refractivity contribution in [1.82, 2.24) is 0 Å². The molecular weight excluding hydrogens is 190 g/mol. The number of benzene rings is 1. The van der Waals surface area contributed by atoms with Crippen LogP contribution in [0.25, 0.3) is 0 Å². The minimum Gasteiger partial charge on any atom is -0.376 e. The quantitative estimate of drug-likeness (QED) is 0.812. The summed E-state index contributed by atoms with van der Waals surface area (Å²) in [7, 11) is 0. The Morgan fingerprint density at radius 3 is 3.00 bits per heavy atom. The van der Waals surface area contributed by atoms with Crippen LogP contribution in [-0.4, -0.2) is 26.4 Å². The molecule has 1 atom stereocenters. The third kappa shape index (κ3) is 2.78. The van der Waals surface area contributed by atoms with Gasteiger partial charge in [-0.3, -0.25) is 0 Å². The molecule has 0 saturated carbocycles. The highest BCUT2D eigenvalue weighted by Gasteiger charge is 2.16. The summed E-state index contributed by atoms with van der Waals surface area (Å²) in [6, 6.07) is 8.39. The SMILES string of the molecule is NCCc1cccc(C2COCCO2)c1. The van der Waals surface area contributed by atoms with E-state index < -0.39 is 0 Å². The van der Waals surface area contributed by atoms with Crippen molar-refractivity contribution in [3.05, 3.63) is 35.4 Å². The Morgan fingerprint density at radius 1 is 1.33 bits per heavy atom. The molecule has 0 bridgehead atoms. The minimum atomic E-state index is 0.0940. The summed E-state index contributed by atoms with van der Waals surface area (Å²) in [5, 5.41) is 0. The van der Waals surface area contributed by atoms with Gasteiger partial charge in [0.2, 0.25) is 0 Å². The number of nitrogens with two attached hydrogens (primary N) is 1. The lowest BCUT2D eigenvalue weighted by Crippen LogP contribution is -2.22. The number of rotatable bonds is 3. The van der Waals surface area contributed by atoms with Gasteiger partial charge in [0.1, 0.15) is 6.10 Å². The summed E-state index contributed by atoms with van der Waals surface area (Å²) in [4.78, 5) is 0. The molecule has 1 saturated heterocycles. The first-order valence-electron chi connectivity index (χ1n) is 5.38. The summed E-state index contributed by atoms with van der Waals surface area (Å²) in [6.07, 6.45) is 1.01. The highest BCUT2D eigenvalue weighted by Crippen LogP contribution is 2.21. The lowest BCUT2D eigenvalue weighted by Gasteiger charge is -2.23. The molecule has 1 aromatic carbocycles. The van der Waals surface area contributed by atoms with E-state index in [4.69, 9.17) is 15.2 Å². The van der Waals surface area contributed by atoms with Gasteiger partial charge in [0.25, 0.3) is 0 Å². The largest absolute Gasteiger partial charge is 0.376 e. The fourth-order valence-corrected chi connectivity index (χ4v) is 1.80. The Labute approximate surface area is 90.2 Å². The molecule has 3 heteroatoms. The minimum absolute atomic E-state index is 0.0940. The first kappa shape index (κ1) is 10.6. The lowest BCUT2D eigenvalue weighted by atomic mass is 10.0. The number of hydrogen-bond acceptors (Lipinski definition) is 3. The zero-order valence-corrected chi connectivity index (χ0v) is 8.82. The molecule has 1 fully saturated rings. The summed E-state index contributed by atoms with van der Waals surface area (Å²) in [6.45, 7) is 2.74. The fraction of sp³-hybridized carbons (Fsp3) is 0.500. The maximum absolute atomic E-state index is 5.64. The summed E-state index contributed by atoms with van der Waals surface area (Å²) in [5.41, 5.74) is 8.00. The molecule has 1 unspecified atom stereocenters. The van der Waals surface area contributed by atoms with Crippen LogP contribution in [0.4, 0.5) is 0 Å². The van der Waals surface area contributed by atoms with Gasteiger partial charge in [-0.2, -0.15) is 0 Å². The Kier molecular flexibility index (Phi) is 3.72. The van der Waals surface area contributed by atoms with E-state index in [9.17, 15) is 0 Å². The topological polar surface area (TPSA) is 44.5 Å². The van der Waals surface area contributed by atoms with Gasteiger partial charge in [-0.05, 0) is 24.1 Å². The van der Waals surface area contributed by atoms with Gasteiger partial charge in [0, 0.05) is 0 Å². The van der Waals surface area contributed by atoms with Gasteiger partial charge in [0.05, 0.1) is 19.8 Å². The van der Waals surface area contributed by atoms with Crippen molar-refractivity contribution in [2.45, 2.75) is 12.5 Å². The molecule has 0 aliphatic carbocycles. The van der Waals surface area contributed by atoms with Crippen molar-refractivity contribution in [2.24, 2.45) is 5.73 Å². The van der Waals surface area contributed by atoms with Crippen LogP contribution in [0.15, 0.2) is 24.3 Å². The first-order valence-corrected chi connectivity index (χ1v) is 5.38. The molecule has 1 aliphatic heterocycles. The monoisotopic (exact) mass is 207 g/mol. The predicted molar refractivity (Wildman–Crippen MR) is 58.7 cm³/mol. The molecule has 82 valence electrons. The summed E-state index contributed by atoms with van der Waals surface area (Å²) < 4.78 is 11.0. The maximum Gasteiger partial charge on any atom is 0.106 e. The molecule has 1 aliphatic rings. The van der Waals surface area contributed by atoms with Crippen LogP contribution in [0.3, 0.4) is 0 Å². The Bertz CT molecular complexity index is 308. The zero-order chi connectivity index (χ0) is 10.5. The second kappa shape index (κ2) is 5.26. The van der Waals surface area contributed by atoms with Crippen LogP contribution in [0.1, 0.15) is 17.2 Å². The van der Waals surface area contributed by atoms with E-state index in [-0.39, 0.29) is 6.10 Å². The third-order valence-corrected chi connectivity index (χ3v) is 2.57. The molecule has 0 aromatic heterocycles. The standard InChI is InChI=1S/C12H17NO2/c13-5-4-10-2-1-3-11(8-10)12-9-14-6-7-15-12/h1-3,8,12H,4-7,9,13H2. The molecule has 1 heterocycles. The molecule has 0 spiro atoms. The normalized spacial score (nSPS) is 21.5. The second-order valence-corrected chi connectivity index (χ2v) is 3.72. The van der Waals surface area contributed by atoms with E-state index in [2.05, 4.69) is 24.3 Å². The first-order chi connectivity index (χ1) is 7.40.